The van der Waals surface area contributed by atoms with Gasteiger partial charge in [-0.25, -0.2) is 4.98 Å². The molecule has 0 amide bonds. The molecule has 2 N–H and O–H groups in total. The summed E-state index contributed by atoms with van der Waals surface area (Å²) < 4.78 is 10.6. The lowest BCUT2D eigenvalue weighted by molar-refractivity contribution is -0.145. The number of carbonyl (C=O) groups is 1. The minimum absolute atomic E-state index is 0.232. The lowest BCUT2D eigenvalue weighted by Crippen LogP contribution is -2.34. The van der Waals surface area contributed by atoms with E-state index in [4.69, 9.17) is 14.9 Å². The van der Waals surface area contributed by atoms with Crippen LogP contribution in [0.1, 0.15) is 19.2 Å². The summed E-state index contributed by atoms with van der Waals surface area (Å²) in [5.41, 5.74) is 6.70. The molecule has 1 atom stereocenters. The van der Waals surface area contributed by atoms with Gasteiger partial charge in [0.25, 0.3) is 0 Å². The molecule has 0 aliphatic heterocycles. The van der Waals surface area contributed by atoms with E-state index in [1.54, 1.807) is 6.20 Å². The Balaban J connectivity index is 1.98. The Morgan fingerprint density at radius 1 is 1.40 bits per heavy atom. The van der Waals surface area contributed by atoms with Gasteiger partial charge in [0, 0.05) is 5.56 Å². The van der Waals surface area contributed by atoms with E-state index < -0.39 is 12.0 Å². The van der Waals surface area contributed by atoms with E-state index in [-0.39, 0.29) is 6.42 Å². The number of nitrogens with zero attached hydrogens (tertiary/aromatic N) is 1. The number of benzene rings is 1. The Labute approximate surface area is 117 Å². The van der Waals surface area contributed by atoms with Crippen molar-refractivity contribution in [1.82, 2.24) is 4.98 Å². The Kier molecular flexibility index (Phi) is 4.90. The van der Waals surface area contributed by atoms with Crippen molar-refractivity contribution in [3.8, 4) is 11.3 Å². The zero-order valence-electron chi connectivity index (χ0n) is 11.4. The molecular formula is C15H18N2O3. The summed E-state index contributed by atoms with van der Waals surface area (Å²) in [4.78, 5) is 15.7. The van der Waals surface area contributed by atoms with Crippen LogP contribution >= 0.6 is 0 Å². The van der Waals surface area contributed by atoms with E-state index in [9.17, 15) is 4.79 Å². The van der Waals surface area contributed by atoms with Crippen LogP contribution in [0.2, 0.25) is 0 Å². The first-order valence-electron chi connectivity index (χ1n) is 6.63. The second-order valence-electron chi connectivity index (χ2n) is 4.46. The number of ether oxygens (including phenoxy) is 1. The number of carbonyl (C=O) groups excluding carboxylic acids is 1. The lowest BCUT2D eigenvalue weighted by atomic mass is 10.2. The first-order valence-corrected chi connectivity index (χ1v) is 6.63. The predicted octanol–water partition coefficient (Wildman–Crippen LogP) is 2.16. The molecule has 106 valence electrons. The third-order valence-corrected chi connectivity index (χ3v) is 2.76. The standard InChI is InChI=1S/C15H18N2O3/c1-2-8-19-15(18)12(16)9-14-17-10-13(20-14)11-6-4-3-5-7-11/h3-7,10,12H,2,8-9,16H2,1H3/t12-/m0/s1. The van der Waals surface area contributed by atoms with Gasteiger partial charge in [0.1, 0.15) is 6.04 Å². The highest BCUT2D eigenvalue weighted by molar-refractivity contribution is 5.75. The number of rotatable bonds is 6. The highest BCUT2D eigenvalue weighted by Crippen LogP contribution is 2.20. The summed E-state index contributed by atoms with van der Waals surface area (Å²) in [6.07, 6.45) is 2.64. The van der Waals surface area contributed by atoms with Crippen LogP contribution in [0.25, 0.3) is 11.3 Å². The highest BCUT2D eigenvalue weighted by Gasteiger charge is 2.18. The number of oxazole rings is 1. The molecule has 2 rings (SSSR count). The summed E-state index contributed by atoms with van der Waals surface area (Å²) in [6, 6.07) is 8.89. The zero-order chi connectivity index (χ0) is 14.4. The largest absolute Gasteiger partial charge is 0.465 e. The molecular weight excluding hydrogens is 256 g/mol. The van der Waals surface area contributed by atoms with Crippen molar-refractivity contribution in [2.45, 2.75) is 25.8 Å². The van der Waals surface area contributed by atoms with Gasteiger partial charge in [-0.2, -0.15) is 0 Å². The molecule has 1 heterocycles. The van der Waals surface area contributed by atoms with Gasteiger partial charge in [0.2, 0.25) is 0 Å². The van der Waals surface area contributed by atoms with Gasteiger partial charge in [-0.1, -0.05) is 37.3 Å². The molecule has 20 heavy (non-hydrogen) atoms. The maximum Gasteiger partial charge on any atom is 0.323 e. The van der Waals surface area contributed by atoms with E-state index in [1.165, 1.54) is 0 Å². The molecule has 0 spiro atoms. The van der Waals surface area contributed by atoms with Crippen LogP contribution in [0.4, 0.5) is 0 Å². The molecule has 5 heteroatoms. The van der Waals surface area contributed by atoms with E-state index in [0.717, 1.165) is 12.0 Å². The summed E-state index contributed by atoms with van der Waals surface area (Å²) in [6.45, 7) is 2.31. The molecule has 0 bridgehead atoms. The van der Waals surface area contributed by atoms with Gasteiger partial charge >= 0.3 is 5.97 Å². The highest BCUT2D eigenvalue weighted by atomic mass is 16.5. The monoisotopic (exact) mass is 274 g/mol. The van der Waals surface area contributed by atoms with Crippen molar-refractivity contribution in [2.24, 2.45) is 5.73 Å². The molecule has 0 saturated heterocycles. The molecule has 0 aliphatic rings. The molecule has 1 aromatic carbocycles. The third-order valence-electron chi connectivity index (χ3n) is 2.76. The third kappa shape index (κ3) is 3.68. The minimum atomic E-state index is -0.746. The number of hydrogen-bond acceptors (Lipinski definition) is 5. The van der Waals surface area contributed by atoms with Crippen molar-refractivity contribution >= 4 is 5.97 Å². The van der Waals surface area contributed by atoms with Crippen LogP contribution in [0.15, 0.2) is 40.9 Å². The number of nitrogens with two attached hydrogens (primary N) is 1. The molecule has 0 aliphatic carbocycles. The van der Waals surface area contributed by atoms with Gasteiger partial charge in [-0.05, 0) is 6.42 Å². The molecule has 2 aromatic rings. The summed E-state index contributed by atoms with van der Waals surface area (Å²) >= 11 is 0. The fourth-order valence-electron chi connectivity index (χ4n) is 1.72. The number of hydrogen-bond donors (Lipinski definition) is 1. The van der Waals surface area contributed by atoms with Crippen molar-refractivity contribution in [1.29, 1.82) is 0 Å². The van der Waals surface area contributed by atoms with Crippen LogP contribution in [0, 0.1) is 0 Å². The van der Waals surface area contributed by atoms with Crippen LogP contribution in [0.5, 0.6) is 0 Å². The van der Waals surface area contributed by atoms with Gasteiger partial charge in [0.05, 0.1) is 19.2 Å². The predicted molar refractivity (Wildman–Crippen MR) is 74.9 cm³/mol. The second kappa shape index (κ2) is 6.86. The Bertz CT molecular complexity index is 551. The fraction of sp³-hybridized carbons (Fsp3) is 0.333. The Morgan fingerprint density at radius 2 is 2.15 bits per heavy atom. The van der Waals surface area contributed by atoms with E-state index in [1.807, 2.05) is 37.3 Å². The second-order valence-corrected chi connectivity index (χ2v) is 4.46. The normalized spacial score (nSPS) is 12.1. The lowest BCUT2D eigenvalue weighted by Gasteiger charge is -2.08. The Morgan fingerprint density at radius 3 is 2.85 bits per heavy atom. The van der Waals surface area contributed by atoms with Crippen LogP contribution in [0.3, 0.4) is 0 Å². The number of aromatic nitrogens is 1. The zero-order valence-corrected chi connectivity index (χ0v) is 11.4. The first kappa shape index (κ1) is 14.3. The topological polar surface area (TPSA) is 78.4 Å². The minimum Gasteiger partial charge on any atom is -0.465 e. The first-order chi connectivity index (χ1) is 9.70. The maximum atomic E-state index is 11.6. The summed E-state index contributed by atoms with van der Waals surface area (Å²) in [5.74, 6) is 0.672. The average Bonchev–Trinajstić information content (AvgIpc) is 2.94. The van der Waals surface area contributed by atoms with Crippen LogP contribution in [-0.4, -0.2) is 23.6 Å². The van der Waals surface area contributed by atoms with Crippen molar-refractivity contribution in [2.75, 3.05) is 6.61 Å². The van der Waals surface area contributed by atoms with Crippen LogP contribution in [-0.2, 0) is 16.0 Å². The number of esters is 1. The smallest absolute Gasteiger partial charge is 0.323 e. The van der Waals surface area contributed by atoms with Gasteiger partial charge in [-0.15, -0.1) is 0 Å². The van der Waals surface area contributed by atoms with E-state index >= 15 is 0 Å². The van der Waals surface area contributed by atoms with Gasteiger partial charge in [-0.3, -0.25) is 4.79 Å². The molecule has 0 saturated carbocycles. The molecule has 1 aromatic heterocycles. The average molecular weight is 274 g/mol. The Hall–Kier alpha value is -2.14. The van der Waals surface area contributed by atoms with Crippen molar-refractivity contribution in [3.63, 3.8) is 0 Å². The van der Waals surface area contributed by atoms with Gasteiger partial charge in [0.15, 0.2) is 11.7 Å². The summed E-state index contributed by atoms with van der Waals surface area (Å²) in [7, 11) is 0. The maximum absolute atomic E-state index is 11.6. The quantitative estimate of drug-likeness (QED) is 0.817. The fourth-order valence-corrected chi connectivity index (χ4v) is 1.72. The SMILES string of the molecule is CCCOC(=O)[C@@H](N)Cc1ncc(-c2ccccc2)o1. The van der Waals surface area contributed by atoms with Gasteiger partial charge < -0.3 is 14.9 Å². The van der Waals surface area contributed by atoms with Crippen LogP contribution < -0.4 is 5.73 Å². The molecule has 0 fully saturated rings. The van der Waals surface area contributed by atoms with Crippen molar-refractivity contribution < 1.29 is 13.9 Å². The molecule has 0 unspecified atom stereocenters. The summed E-state index contributed by atoms with van der Waals surface area (Å²) in [5, 5.41) is 0. The van der Waals surface area contributed by atoms with E-state index in [0.29, 0.717) is 18.3 Å². The molecule has 5 nitrogen and oxygen atoms in total. The van der Waals surface area contributed by atoms with Crippen molar-refractivity contribution in [3.05, 3.63) is 42.4 Å². The van der Waals surface area contributed by atoms with E-state index in [2.05, 4.69) is 4.98 Å². The molecule has 0 radical (unpaired) electrons.